The molecule has 3 amide bonds. The lowest BCUT2D eigenvalue weighted by Crippen LogP contribution is -2.58. The Kier molecular flexibility index (Phi) is 6.72. The average Bonchev–Trinajstić information content (AvgIpc) is 2.67. The van der Waals surface area contributed by atoms with Crippen molar-refractivity contribution in [1.82, 2.24) is 10.2 Å². The number of anilines is 1. The molecule has 0 radical (unpaired) electrons. The Morgan fingerprint density at radius 3 is 2.30 bits per heavy atom. The topological polar surface area (TPSA) is 134 Å². The zero-order valence-electron chi connectivity index (χ0n) is 15.0. The van der Waals surface area contributed by atoms with E-state index in [-0.39, 0.29) is 48.8 Å². The minimum absolute atomic E-state index is 0.0546. The molecule has 0 bridgehead atoms. The van der Waals surface area contributed by atoms with Crippen LogP contribution in [-0.2, 0) is 14.3 Å². The third kappa shape index (κ3) is 4.73. The van der Waals surface area contributed by atoms with E-state index in [2.05, 4.69) is 20.1 Å². The third-order valence-corrected chi connectivity index (χ3v) is 4.02. The van der Waals surface area contributed by atoms with E-state index in [0.29, 0.717) is 0 Å². The molecule has 0 aliphatic carbocycles. The summed E-state index contributed by atoms with van der Waals surface area (Å²) in [5.74, 6) is -1.73. The van der Waals surface area contributed by atoms with Gasteiger partial charge in [-0.1, -0.05) is 0 Å². The first kappa shape index (κ1) is 20.2. The summed E-state index contributed by atoms with van der Waals surface area (Å²) in [6, 6.07) is 2.58. The number of urea groups is 1. The van der Waals surface area contributed by atoms with Crippen molar-refractivity contribution >= 4 is 29.6 Å². The van der Waals surface area contributed by atoms with E-state index in [9.17, 15) is 19.2 Å². The lowest BCUT2D eigenvalue weighted by Gasteiger charge is -2.34. The van der Waals surface area contributed by atoms with Crippen molar-refractivity contribution in [1.29, 1.82) is 0 Å². The molecule has 2 rings (SSSR count). The second-order valence-electron chi connectivity index (χ2n) is 5.72. The van der Waals surface area contributed by atoms with Crippen LogP contribution in [0.4, 0.5) is 10.5 Å². The number of benzene rings is 1. The SMILES string of the molecule is COC(=O)c1cc(NC(=O)N2CCNC(=O)[C@H]2CCO)cc(C(=O)OC)c1. The monoisotopic (exact) mass is 379 g/mol. The highest BCUT2D eigenvalue weighted by Gasteiger charge is 2.32. The summed E-state index contributed by atoms with van der Waals surface area (Å²) in [6.07, 6.45) is 0.0921. The van der Waals surface area contributed by atoms with Crippen molar-refractivity contribution in [3.8, 4) is 0 Å². The molecule has 27 heavy (non-hydrogen) atoms. The highest BCUT2D eigenvalue weighted by molar-refractivity contribution is 6.00. The third-order valence-electron chi connectivity index (χ3n) is 4.02. The van der Waals surface area contributed by atoms with E-state index in [1.54, 1.807) is 0 Å². The Balaban J connectivity index is 2.28. The number of carbonyl (C=O) groups is 4. The molecule has 0 spiro atoms. The molecule has 10 nitrogen and oxygen atoms in total. The fraction of sp³-hybridized carbons (Fsp3) is 0.412. The Hall–Kier alpha value is -3.14. The van der Waals surface area contributed by atoms with Crippen molar-refractivity contribution in [2.45, 2.75) is 12.5 Å². The number of hydrogen-bond acceptors (Lipinski definition) is 7. The lowest BCUT2D eigenvalue weighted by atomic mass is 10.1. The molecule has 1 fully saturated rings. The number of aliphatic hydroxyl groups is 1. The molecule has 1 aliphatic heterocycles. The van der Waals surface area contributed by atoms with Crippen LogP contribution in [0.1, 0.15) is 27.1 Å². The summed E-state index contributed by atoms with van der Waals surface area (Å²) in [5.41, 5.74) is 0.273. The first-order chi connectivity index (χ1) is 12.9. The van der Waals surface area contributed by atoms with Crippen molar-refractivity contribution in [3.63, 3.8) is 0 Å². The second-order valence-corrected chi connectivity index (χ2v) is 5.72. The fourth-order valence-corrected chi connectivity index (χ4v) is 2.73. The van der Waals surface area contributed by atoms with Crippen LogP contribution in [0.2, 0.25) is 0 Å². The number of piperazine rings is 1. The summed E-state index contributed by atoms with van der Waals surface area (Å²) in [6.45, 7) is 0.277. The van der Waals surface area contributed by atoms with Gasteiger partial charge >= 0.3 is 18.0 Å². The molecule has 0 unspecified atom stereocenters. The average molecular weight is 379 g/mol. The van der Waals surface area contributed by atoms with E-state index in [0.717, 1.165) is 0 Å². The van der Waals surface area contributed by atoms with Crippen LogP contribution in [0.15, 0.2) is 18.2 Å². The molecule has 1 aromatic carbocycles. The smallest absolute Gasteiger partial charge is 0.337 e. The van der Waals surface area contributed by atoms with Crippen LogP contribution in [-0.4, -0.2) is 73.8 Å². The first-order valence-electron chi connectivity index (χ1n) is 8.19. The van der Waals surface area contributed by atoms with Gasteiger partial charge in [-0.15, -0.1) is 0 Å². The molecule has 1 atom stereocenters. The number of aliphatic hydroxyl groups excluding tert-OH is 1. The van der Waals surface area contributed by atoms with Crippen LogP contribution >= 0.6 is 0 Å². The van der Waals surface area contributed by atoms with Gasteiger partial charge in [0, 0.05) is 25.4 Å². The van der Waals surface area contributed by atoms with E-state index >= 15 is 0 Å². The van der Waals surface area contributed by atoms with Crippen LogP contribution in [0.3, 0.4) is 0 Å². The van der Waals surface area contributed by atoms with Gasteiger partial charge in [0.1, 0.15) is 6.04 Å². The predicted molar refractivity (Wildman–Crippen MR) is 93.3 cm³/mol. The van der Waals surface area contributed by atoms with E-state index in [4.69, 9.17) is 5.11 Å². The molecule has 0 saturated carbocycles. The molecular weight excluding hydrogens is 358 g/mol. The summed E-state index contributed by atoms with van der Waals surface area (Å²) in [5, 5.41) is 14.3. The molecule has 3 N–H and O–H groups in total. The van der Waals surface area contributed by atoms with Gasteiger partial charge in [0.15, 0.2) is 0 Å². The number of nitrogens with one attached hydrogen (secondary N) is 2. The normalized spacial score (nSPS) is 16.3. The zero-order valence-corrected chi connectivity index (χ0v) is 15.0. The number of nitrogens with zero attached hydrogens (tertiary/aromatic N) is 1. The Morgan fingerprint density at radius 1 is 1.19 bits per heavy atom. The van der Waals surface area contributed by atoms with Gasteiger partial charge in [-0.3, -0.25) is 4.79 Å². The number of methoxy groups -OCH3 is 2. The van der Waals surface area contributed by atoms with Crippen LogP contribution in [0.5, 0.6) is 0 Å². The predicted octanol–water partition coefficient (Wildman–Crippen LogP) is -0.0255. The minimum Gasteiger partial charge on any atom is -0.465 e. The maximum absolute atomic E-state index is 12.6. The molecule has 1 aliphatic rings. The van der Waals surface area contributed by atoms with Gasteiger partial charge in [-0.2, -0.15) is 0 Å². The molecule has 146 valence electrons. The lowest BCUT2D eigenvalue weighted by molar-refractivity contribution is -0.128. The van der Waals surface area contributed by atoms with Crippen molar-refractivity contribution in [2.24, 2.45) is 0 Å². The second kappa shape index (κ2) is 8.99. The Labute approximate surface area is 155 Å². The molecule has 10 heteroatoms. The molecule has 1 heterocycles. The van der Waals surface area contributed by atoms with E-state index in [1.807, 2.05) is 0 Å². The number of carbonyl (C=O) groups excluding carboxylic acids is 4. The highest BCUT2D eigenvalue weighted by Crippen LogP contribution is 2.19. The maximum Gasteiger partial charge on any atom is 0.337 e. The molecular formula is C17H21N3O7. The van der Waals surface area contributed by atoms with Gasteiger partial charge in [0.05, 0.1) is 25.3 Å². The summed E-state index contributed by atoms with van der Waals surface area (Å²) in [7, 11) is 2.38. The van der Waals surface area contributed by atoms with Gasteiger partial charge in [-0.05, 0) is 24.6 Å². The maximum atomic E-state index is 12.6. The number of amides is 3. The van der Waals surface area contributed by atoms with Crippen molar-refractivity contribution < 1.29 is 33.8 Å². The van der Waals surface area contributed by atoms with Crippen LogP contribution in [0, 0.1) is 0 Å². The summed E-state index contributed by atoms with van der Waals surface area (Å²) in [4.78, 5) is 49.5. The quantitative estimate of drug-likeness (QED) is 0.612. The van der Waals surface area contributed by atoms with E-state index < -0.39 is 24.0 Å². The van der Waals surface area contributed by atoms with Crippen molar-refractivity contribution in [2.75, 3.05) is 39.2 Å². The first-order valence-corrected chi connectivity index (χ1v) is 8.19. The standard InChI is InChI=1S/C17H21N3O7/c1-26-15(23)10-7-11(16(24)27-2)9-12(8-10)19-17(25)20-5-4-18-14(22)13(20)3-6-21/h7-9,13,21H,3-6H2,1-2H3,(H,18,22)(H,19,25)/t13-/m1/s1. The zero-order chi connectivity index (χ0) is 20.0. The highest BCUT2D eigenvalue weighted by atomic mass is 16.5. The number of hydrogen-bond donors (Lipinski definition) is 3. The number of ether oxygens (including phenoxy) is 2. The Morgan fingerprint density at radius 2 is 1.78 bits per heavy atom. The largest absolute Gasteiger partial charge is 0.465 e. The number of rotatable bonds is 5. The Bertz CT molecular complexity index is 716. The van der Waals surface area contributed by atoms with Gasteiger partial charge < -0.3 is 30.1 Å². The summed E-state index contributed by atoms with van der Waals surface area (Å²) < 4.78 is 9.30. The van der Waals surface area contributed by atoms with Gasteiger partial charge in [-0.25, -0.2) is 14.4 Å². The molecule has 1 aromatic rings. The van der Waals surface area contributed by atoms with E-state index in [1.165, 1.54) is 37.3 Å². The van der Waals surface area contributed by atoms with Crippen LogP contribution in [0.25, 0.3) is 0 Å². The molecule has 0 aromatic heterocycles. The molecule has 1 saturated heterocycles. The van der Waals surface area contributed by atoms with Gasteiger partial charge in [0.25, 0.3) is 0 Å². The summed E-state index contributed by atoms with van der Waals surface area (Å²) >= 11 is 0. The minimum atomic E-state index is -0.812. The fourth-order valence-electron chi connectivity index (χ4n) is 2.73. The van der Waals surface area contributed by atoms with Gasteiger partial charge in [0.2, 0.25) is 5.91 Å². The number of esters is 2. The van der Waals surface area contributed by atoms with Crippen molar-refractivity contribution in [3.05, 3.63) is 29.3 Å². The van der Waals surface area contributed by atoms with Crippen LogP contribution < -0.4 is 10.6 Å².